The molecule has 0 aliphatic heterocycles. The third-order valence-electron chi connectivity index (χ3n) is 10.2. The second-order valence-corrected chi connectivity index (χ2v) is 14.2. The van der Waals surface area contributed by atoms with Crippen molar-refractivity contribution in [2.24, 2.45) is 0 Å². The van der Waals surface area contributed by atoms with Crippen LogP contribution in [0, 0.1) is 0 Å². The van der Waals surface area contributed by atoms with E-state index in [2.05, 4.69) is 42.5 Å². The van der Waals surface area contributed by atoms with Crippen LogP contribution in [0.1, 0.15) is 13.7 Å². The zero-order chi connectivity index (χ0) is 44.3. The van der Waals surface area contributed by atoms with Gasteiger partial charge in [-0.15, -0.1) is 11.3 Å². The Balaban J connectivity index is 1.24. The van der Waals surface area contributed by atoms with Crippen molar-refractivity contribution in [3.05, 3.63) is 194 Å². The van der Waals surface area contributed by atoms with Crippen molar-refractivity contribution in [3.8, 4) is 50.5 Å². The van der Waals surface area contributed by atoms with Crippen LogP contribution in [0.5, 0.6) is 0 Å². The Kier molecular flexibility index (Phi) is 5.12. The third kappa shape index (κ3) is 4.83. The molecule has 0 aliphatic rings. The lowest BCUT2D eigenvalue weighted by Gasteiger charge is -2.20. The summed E-state index contributed by atoms with van der Waals surface area (Å²) in [7, 11) is 0. The van der Waals surface area contributed by atoms with Gasteiger partial charge in [0, 0.05) is 31.4 Å². The van der Waals surface area contributed by atoms with Crippen molar-refractivity contribution in [1.82, 2.24) is 9.55 Å². The van der Waals surface area contributed by atoms with Gasteiger partial charge in [0.05, 0.1) is 24.7 Å². The molecule has 0 atom stereocenters. The summed E-state index contributed by atoms with van der Waals surface area (Å²) in [6, 6.07) is 39.9. The van der Waals surface area contributed by atoms with Crippen LogP contribution in [-0.2, 0) is 0 Å². The first-order chi connectivity index (χ1) is 30.9. The maximum Gasteiger partial charge on any atom is 0.145 e. The standard InChI is InChI=1S/C51H32N2S/c1-3-15-33(16-4-1)34-29-30-40-43(32-34)49(42-24-14-28-47-50(42)41-23-9-12-27-46(41)54-47)39-22-8-7-21-38(39)48(40)35-17-13-18-36(31-35)51-52-44-25-10-11-26-45(44)53(51)37-19-5-2-6-20-37/h1-32H/i1D,2D,3D,4D,5D,6D,15D,16D,19D,20D. The molecule has 11 aromatic rings. The Labute approximate surface area is 330 Å². The van der Waals surface area contributed by atoms with Gasteiger partial charge in [0.15, 0.2) is 0 Å². The lowest BCUT2D eigenvalue weighted by Crippen LogP contribution is -1.97. The van der Waals surface area contributed by atoms with Crippen LogP contribution >= 0.6 is 11.3 Å². The minimum absolute atomic E-state index is 0.00402. The van der Waals surface area contributed by atoms with Crippen LogP contribution in [0.2, 0.25) is 0 Å². The van der Waals surface area contributed by atoms with Gasteiger partial charge in [-0.25, -0.2) is 4.98 Å². The molecule has 3 heteroatoms. The summed E-state index contributed by atoms with van der Waals surface area (Å²) < 4.78 is 90.3. The van der Waals surface area contributed by atoms with Crippen LogP contribution in [0.15, 0.2) is 194 Å². The number of thiophene rings is 1. The maximum absolute atomic E-state index is 8.94. The molecule has 0 aliphatic carbocycles. The van der Waals surface area contributed by atoms with Gasteiger partial charge < -0.3 is 0 Å². The summed E-state index contributed by atoms with van der Waals surface area (Å²) in [5.74, 6) is 0.395. The largest absolute Gasteiger partial charge is 0.292 e. The molecule has 0 radical (unpaired) electrons. The zero-order valence-electron chi connectivity index (χ0n) is 38.5. The zero-order valence-corrected chi connectivity index (χ0v) is 29.3. The van der Waals surface area contributed by atoms with Crippen molar-refractivity contribution in [3.63, 3.8) is 0 Å². The monoisotopic (exact) mass is 714 g/mol. The first kappa shape index (κ1) is 22.3. The molecule has 252 valence electrons. The summed E-state index contributed by atoms with van der Waals surface area (Å²) in [6.07, 6.45) is 0. The van der Waals surface area contributed by atoms with E-state index in [1.165, 1.54) is 0 Å². The number of para-hydroxylation sites is 3. The molecule has 0 unspecified atom stereocenters. The number of aromatic nitrogens is 2. The van der Waals surface area contributed by atoms with Crippen molar-refractivity contribution in [1.29, 1.82) is 0 Å². The van der Waals surface area contributed by atoms with Crippen molar-refractivity contribution >= 4 is 64.1 Å². The lowest BCUT2D eigenvalue weighted by atomic mass is 9.83. The van der Waals surface area contributed by atoms with Crippen LogP contribution in [0.4, 0.5) is 0 Å². The number of hydrogen-bond donors (Lipinski definition) is 0. The molecular formula is C51H32N2S. The number of imidazole rings is 1. The summed E-state index contributed by atoms with van der Waals surface area (Å²) in [5.41, 5.74) is 6.05. The van der Waals surface area contributed by atoms with Crippen molar-refractivity contribution in [2.45, 2.75) is 0 Å². The van der Waals surface area contributed by atoms with Crippen LogP contribution in [0.25, 0.3) is 103 Å². The van der Waals surface area contributed by atoms with E-state index < -0.39 is 36.3 Å². The van der Waals surface area contributed by atoms with E-state index in [1.807, 2.05) is 91.0 Å². The van der Waals surface area contributed by atoms with Crippen molar-refractivity contribution in [2.75, 3.05) is 0 Å². The van der Waals surface area contributed by atoms with Gasteiger partial charge in [0.1, 0.15) is 5.82 Å². The molecule has 2 heterocycles. The molecule has 0 fully saturated rings. The van der Waals surface area contributed by atoms with Gasteiger partial charge in [0.2, 0.25) is 0 Å². The first-order valence-electron chi connectivity index (χ1n) is 22.6. The summed E-state index contributed by atoms with van der Waals surface area (Å²) in [6.45, 7) is 0. The fourth-order valence-electron chi connectivity index (χ4n) is 7.93. The van der Waals surface area contributed by atoms with Crippen LogP contribution in [-0.4, -0.2) is 9.55 Å². The minimum atomic E-state index is -0.480. The number of hydrogen-bond acceptors (Lipinski definition) is 2. The van der Waals surface area contributed by atoms with E-state index in [9.17, 15) is 0 Å². The SMILES string of the molecule is [2H]c1c([2H])c([2H])c(-c2ccc3c(-c4cccc(-c5nc6ccccc6n5-c5c([2H])c([2H])c([2H])c([2H])c5[2H])c4)c4ccccc4c(-c4cccc5sc6ccccc6c45)c3c2)c([2H])c1[2H]. The van der Waals surface area contributed by atoms with Gasteiger partial charge >= 0.3 is 0 Å². The number of fused-ring (bicyclic) bond motifs is 6. The van der Waals surface area contributed by atoms with E-state index in [1.54, 1.807) is 15.9 Å². The first-order valence-corrected chi connectivity index (χ1v) is 18.4. The van der Waals surface area contributed by atoms with E-state index in [-0.39, 0.29) is 35.4 Å². The normalized spacial score (nSPS) is 14.3. The number of benzene rings is 9. The molecule has 9 aromatic carbocycles. The Morgan fingerprint density at radius 3 is 1.98 bits per heavy atom. The molecule has 0 bridgehead atoms. The highest BCUT2D eigenvalue weighted by Crippen LogP contribution is 2.49. The number of rotatable bonds is 5. The fourth-order valence-corrected chi connectivity index (χ4v) is 9.06. The number of nitrogens with zero attached hydrogens (tertiary/aromatic N) is 2. The van der Waals surface area contributed by atoms with Gasteiger partial charge in [-0.3, -0.25) is 4.57 Å². The molecule has 54 heavy (non-hydrogen) atoms. The van der Waals surface area contributed by atoms with Gasteiger partial charge in [-0.2, -0.15) is 0 Å². The Morgan fingerprint density at radius 1 is 0.463 bits per heavy atom. The maximum atomic E-state index is 8.94. The average Bonchev–Trinajstić information content (AvgIpc) is 3.90. The molecule has 0 saturated heterocycles. The Hall–Kier alpha value is -6.81. The van der Waals surface area contributed by atoms with Crippen LogP contribution in [0.3, 0.4) is 0 Å². The summed E-state index contributed by atoms with van der Waals surface area (Å²) >= 11 is 1.72. The molecule has 2 aromatic heterocycles. The molecule has 11 rings (SSSR count). The highest BCUT2D eigenvalue weighted by Gasteiger charge is 2.21. The van der Waals surface area contributed by atoms with E-state index in [4.69, 9.17) is 18.7 Å². The second-order valence-electron chi connectivity index (χ2n) is 13.1. The third-order valence-corrected chi connectivity index (χ3v) is 11.3. The molecule has 0 saturated carbocycles. The van der Waals surface area contributed by atoms with Gasteiger partial charge in [-0.05, 0) is 103 Å². The summed E-state index contributed by atoms with van der Waals surface area (Å²) in [5, 5.41) is 5.80. The van der Waals surface area contributed by atoms with Gasteiger partial charge in [-0.1, -0.05) is 145 Å². The molecule has 0 amide bonds. The topological polar surface area (TPSA) is 17.8 Å². The molecular weight excluding hydrogens is 673 g/mol. The predicted molar refractivity (Wildman–Crippen MR) is 231 cm³/mol. The van der Waals surface area contributed by atoms with Crippen LogP contribution < -0.4 is 0 Å². The molecule has 2 nitrogen and oxygen atoms in total. The van der Waals surface area contributed by atoms with Gasteiger partial charge in [0.25, 0.3) is 0 Å². The van der Waals surface area contributed by atoms with E-state index >= 15 is 0 Å². The minimum Gasteiger partial charge on any atom is -0.292 e. The highest BCUT2D eigenvalue weighted by molar-refractivity contribution is 7.25. The van der Waals surface area contributed by atoms with Crippen molar-refractivity contribution < 1.29 is 13.7 Å². The quantitative estimate of drug-likeness (QED) is 0.162. The molecule has 0 spiro atoms. The Morgan fingerprint density at radius 2 is 1.13 bits per heavy atom. The lowest BCUT2D eigenvalue weighted by molar-refractivity contribution is 1.10. The smallest absolute Gasteiger partial charge is 0.145 e. The van der Waals surface area contributed by atoms with E-state index in [0.29, 0.717) is 28.0 Å². The summed E-state index contributed by atoms with van der Waals surface area (Å²) in [4.78, 5) is 5.02. The average molecular weight is 715 g/mol. The fraction of sp³-hybridized carbons (Fsp3) is 0. The predicted octanol–water partition coefficient (Wildman–Crippen LogP) is 14.4. The second kappa shape index (κ2) is 12.4. The van der Waals surface area contributed by atoms with E-state index in [0.717, 1.165) is 64.0 Å². The highest BCUT2D eigenvalue weighted by atomic mass is 32.1. The molecule has 0 N–H and O–H groups in total. The Bertz CT molecular complexity index is 3760.